The fraction of sp³-hybridized carbons (Fsp3) is 0.385. The van der Waals surface area contributed by atoms with Gasteiger partial charge >= 0.3 is 5.97 Å². The van der Waals surface area contributed by atoms with Crippen LogP contribution in [0.1, 0.15) is 34.6 Å². The molecule has 0 radical (unpaired) electrons. The van der Waals surface area contributed by atoms with E-state index in [9.17, 15) is 14.7 Å². The van der Waals surface area contributed by atoms with Gasteiger partial charge in [0.1, 0.15) is 0 Å². The van der Waals surface area contributed by atoms with Crippen LogP contribution in [0.15, 0.2) is 24.3 Å². The summed E-state index contributed by atoms with van der Waals surface area (Å²) < 4.78 is 0. The molecule has 1 aromatic carbocycles. The van der Waals surface area contributed by atoms with E-state index in [1.165, 1.54) is 24.1 Å². The quantitative estimate of drug-likeness (QED) is 0.843. The Labute approximate surface area is 106 Å². The summed E-state index contributed by atoms with van der Waals surface area (Å²) in [7, 11) is 1.53. The maximum absolute atomic E-state index is 12.1. The highest BCUT2D eigenvalue weighted by atomic mass is 16.4. The molecule has 0 aliphatic rings. The second-order valence-electron chi connectivity index (χ2n) is 4.82. The highest BCUT2D eigenvalue weighted by Crippen LogP contribution is 2.13. The van der Waals surface area contributed by atoms with Gasteiger partial charge in [-0.1, -0.05) is 12.1 Å². The summed E-state index contributed by atoms with van der Waals surface area (Å²) in [5.74, 6) is -1.56. The minimum Gasteiger partial charge on any atom is -0.478 e. The van der Waals surface area contributed by atoms with Gasteiger partial charge in [-0.05, 0) is 26.0 Å². The van der Waals surface area contributed by atoms with Crippen LogP contribution in [0.4, 0.5) is 0 Å². The highest BCUT2D eigenvalue weighted by molar-refractivity contribution is 6.04. The van der Waals surface area contributed by atoms with Crippen LogP contribution in [0, 0.1) is 0 Å². The number of rotatable bonds is 4. The second kappa shape index (κ2) is 5.18. The fourth-order valence-electron chi connectivity index (χ4n) is 1.71. The minimum atomic E-state index is -1.14. The number of carbonyl (C=O) groups is 2. The van der Waals surface area contributed by atoms with E-state index < -0.39 is 17.5 Å². The fourth-order valence-corrected chi connectivity index (χ4v) is 1.71. The van der Waals surface area contributed by atoms with Crippen molar-refractivity contribution in [1.82, 2.24) is 4.90 Å². The number of amides is 1. The van der Waals surface area contributed by atoms with Crippen LogP contribution in [0.5, 0.6) is 0 Å². The summed E-state index contributed by atoms with van der Waals surface area (Å²) in [5, 5.41) is 18.7. The van der Waals surface area contributed by atoms with E-state index >= 15 is 0 Å². The van der Waals surface area contributed by atoms with Gasteiger partial charge in [0, 0.05) is 13.6 Å². The lowest BCUT2D eigenvalue weighted by Crippen LogP contribution is -2.40. The van der Waals surface area contributed by atoms with E-state index in [-0.39, 0.29) is 17.7 Å². The Morgan fingerprint density at radius 2 is 1.72 bits per heavy atom. The molecule has 0 aliphatic carbocycles. The van der Waals surface area contributed by atoms with Gasteiger partial charge in [0.25, 0.3) is 5.91 Å². The molecule has 1 rings (SSSR count). The summed E-state index contributed by atoms with van der Waals surface area (Å²) in [4.78, 5) is 24.4. The first kappa shape index (κ1) is 14.2. The number of benzene rings is 1. The Morgan fingerprint density at radius 1 is 1.22 bits per heavy atom. The standard InChI is InChI=1S/C13H17NO4/c1-13(2,18)8-14(3)11(15)9-6-4-5-7-10(9)12(16)17/h4-7,18H,8H2,1-3H3,(H,16,17). The average Bonchev–Trinajstić information content (AvgIpc) is 2.25. The molecule has 0 fully saturated rings. The van der Waals surface area contributed by atoms with Gasteiger partial charge in [0.2, 0.25) is 0 Å². The summed E-state index contributed by atoms with van der Waals surface area (Å²) in [5.41, 5.74) is -0.940. The van der Waals surface area contributed by atoms with Crippen molar-refractivity contribution >= 4 is 11.9 Å². The minimum absolute atomic E-state index is 0.0369. The highest BCUT2D eigenvalue weighted by Gasteiger charge is 2.23. The van der Waals surface area contributed by atoms with E-state index in [2.05, 4.69) is 0 Å². The van der Waals surface area contributed by atoms with Crippen LogP contribution < -0.4 is 0 Å². The molecule has 98 valence electrons. The van der Waals surface area contributed by atoms with Crippen molar-refractivity contribution in [1.29, 1.82) is 0 Å². The summed E-state index contributed by atoms with van der Waals surface area (Å²) in [6.45, 7) is 3.29. The molecule has 0 atom stereocenters. The Balaban J connectivity index is 3.01. The number of carbonyl (C=O) groups excluding carboxylic acids is 1. The molecule has 0 unspecified atom stereocenters. The first-order chi connectivity index (χ1) is 8.22. The second-order valence-corrected chi connectivity index (χ2v) is 4.82. The van der Waals surface area contributed by atoms with Gasteiger partial charge < -0.3 is 15.1 Å². The van der Waals surface area contributed by atoms with Crippen molar-refractivity contribution in [3.8, 4) is 0 Å². The van der Waals surface area contributed by atoms with Crippen molar-refractivity contribution in [3.63, 3.8) is 0 Å². The zero-order chi connectivity index (χ0) is 13.9. The van der Waals surface area contributed by atoms with E-state index in [0.717, 1.165) is 0 Å². The van der Waals surface area contributed by atoms with Gasteiger partial charge in [-0.15, -0.1) is 0 Å². The molecule has 0 saturated carbocycles. The van der Waals surface area contributed by atoms with Gasteiger partial charge in [0.15, 0.2) is 0 Å². The topological polar surface area (TPSA) is 77.8 Å². The molecule has 0 heterocycles. The third-order valence-corrected chi connectivity index (χ3v) is 2.36. The monoisotopic (exact) mass is 251 g/mol. The number of nitrogens with zero attached hydrogens (tertiary/aromatic N) is 1. The number of aromatic carboxylic acids is 1. The largest absolute Gasteiger partial charge is 0.478 e. The zero-order valence-corrected chi connectivity index (χ0v) is 10.7. The predicted octanol–water partition coefficient (Wildman–Crippen LogP) is 1.23. The van der Waals surface area contributed by atoms with Crippen molar-refractivity contribution in [2.45, 2.75) is 19.4 Å². The predicted molar refractivity (Wildman–Crippen MR) is 66.7 cm³/mol. The Bertz CT molecular complexity index is 462. The van der Waals surface area contributed by atoms with E-state index in [1.54, 1.807) is 26.0 Å². The normalized spacial score (nSPS) is 11.1. The molecular weight excluding hydrogens is 234 g/mol. The average molecular weight is 251 g/mol. The van der Waals surface area contributed by atoms with Crippen molar-refractivity contribution in [2.24, 2.45) is 0 Å². The van der Waals surface area contributed by atoms with E-state index in [1.807, 2.05) is 0 Å². The molecule has 0 spiro atoms. The Hall–Kier alpha value is -1.88. The molecular formula is C13H17NO4. The van der Waals surface area contributed by atoms with Crippen molar-refractivity contribution < 1.29 is 19.8 Å². The molecule has 0 saturated heterocycles. The lowest BCUT2D eigenvalue weighted by atomic mass is 10.1. The molecule has 2 N–H and O–H groups in total. The number of hydrogen-bond acceptors (Lipinski definition) is 3. The van der Waals surface area contributed by atoms with Crippen LogP contribution in [-0.4, -0.2) is 46.2 Å². The molecule has 1 amide bonds. The Kier molecular flexibility index (Phi) is 4.08. The zero-order valence-electron chi connectivity index (χ0n) is 10.7. The molecule has 5 heteroatoms. The van der Waals surface area contributed by atoms with Gasteiger partial charge in [-0.2, -0.15) is 0 Å². The summed E-state index contributed by atoms with van der Waals surface area (Å²) in [6, 6.07) is 6.02. The molecule has 1 aromatic rings. The van der Waals surface area contributed by atoms with Gasteiger partial charge in [0.05, 0.1) is 16.7 Å². The number of aliphatic hydroxyl groups is 1. The van der Waals surface area contributed by atoms with Crippen LogP contribution in [0.25, 0.3) is 0 Å². The van der Waals surface area contributed by atoms with Crippen LogP contribution in [-0.2, 0) is 0 Å². The van der Waals surface area contributed by atoms with Crippen LogP contribution in [0.3, 0.4) is 0 Å². The summed E-state index contributed by atoms with van der Waals surface area (Å²) in [6.07, 6.45) is 0. The van der Waals surface area contributed by atoms with E-state index in [4.69, 9.17) is 5.11 Å². The molecule has 0 aliphatic heterocycles. The number of hydrogen-bond donors (Lipinski definition) is 2. The Morgan fingerprint density at radius 3 is 2.17 bits per heavy atom. The van der Waals surface area contributed by atoms with Crippen LogP contribution >= 0.6 is 0 Å². The summed E-state index contributed by atoms with van der Waals surface area (Å²) >= 11 is 0. The maximum Gasteiger partial charge on any atom is 0.336 e. The molecule has 0 aromatic heterocycles. The molecule has 5 nitrogen and oxygen atoms in total. The third kappa shape index (κ3) is 3.56. The first-order valence-electron chi connectivity index (χ1n) is 5.52. The van der Waals surface area contributed by atoms with Crippen LogP contribution in [0.2, 0.25) is 0 Å². The first-order valence-corrected chi connectivity index (χ1v) is 5.52. The lowest BCUT2D eigenvalue weighted by Gasteiger charge is -2.26. The third-order valence-electron chi connectivity index (χ3n) is 2.36. The van der Waals surface area contributed by atoms with Gasteiger partial charge in [-0.3, -0.25) is 4.79 Å². The molecule has 0 bridgehead atoms. The van der Waals surface area contributed by atoms with Gasteiger partial charge in [-0.25, -0.2) is 4.79 Å². The maximum atomic E-state index is 12.1. The van der Waals surface area contributed by atoms with Crippen molar-refractivity contribution in [2.75, 3.05) is 13.6 Å². The smallest absolute Gasteiger partial charge is 0.336 e. The van der Waals surface area contributed by atoms with Crippen molar-refractivity contribution in [3.05, 3.63) is 35.4 Å². The van der Waals surface area contributed by atoms with E-state index in [0.29, 0.717) is 0 Å². The number of carboxylic acid groups (broad SMARTS) is 1. The SMILES string of the molecule is CN(CC(C)(C)O)C(=O)c1ccccc1C(=O)O. The lowest BCUT2D eigenvalue weighted by molar-refractivity contribution is 0.0366. The number of carboxylic acids is 1. The number of likely N-dealkylation sites (N-methyl/N-ethyl adjacent to an activating group) is 1. The molecule has 18 heavy (non-hydrogen) atoms.